The lowest BCUT2D eigenvalue weighted by Crippen LogP contribution is -2.34. The van der Waals surface area contributed by atoms with Gasteiger partial charge in [-0.05, 0) is 13.3 Å². The molecule has 0 heterocycles. The van der Waals surface area contributed by atoms with Crippen LogP contribution in [0.2, 0.25) is 0 Å². The lowest BCUT2D eigenvalue weighted by Gasteiger charge is -2.26. The molecule has 1 atom stereocenters. The summed E-state index contributed by atoms with van der Waals surface area (Å²) in [5.74, 6) is -1.26. The Bertz CT molecular complexity index is 287. The Kier molecular flexibility index (Phi) is 9.23. The van der Waals surface area contributed by atoms with Crippen molar-refractivity contribution in [1.29, 1.82) is 5.26 Å². The monoisotopic (exact) mass is 293 g/mol. The molecule has 0 amide bonds. The molecule has 0 radical (unpaired) electrons. The third-order valence-electron chi connectivity index (χ3n) is 2.74. The summed E-state index contributed by atoms with van der Waals surface area (Å²) in [6.45, 7) is 4.10. The molecule has 0 bridgehead atoms. The Morgan fingerprint density at radius 2 is 2.00 bits per heavy atom. The number of hydrogen-bond acceptors (Lipinski definition) is 3. The number of ether oxygens (including phenoxy) is 1. The lowest BCUT2D eigenvalue weighted by atomic mass is 9.96. The van der Waals surface area contributed by atoms with E-state index in [4.69, 9.17) is 33.2 Å². The molecule has 0 aromatic heterocycles. The lowest BCUT2D eigenvalue weighted by molar-refractivity contribution is -0.148. The van der Waals surface area contributed by atoms with Crippen LogP contribution in [0.4, 0.5) is 0 Å². The first kappa shape index (κ1) is 17.5. The zero-order valence-corrected chi connectivity index (χ0v) is 12.6. The number of alkyl halides is 2. The minimum atomic E-state index is -1.21. The standard InChI is InChI=1S/C13H21Cl2NO2/c1-3-5-6-7-9-13(14,15)11(8-10-16)12(17)18-4-2/h11H,3-9H2,1-2H3. The minimum absolute atomic E-state index is 0.0143. The third kappa shape index (κ3) is 6.47. The van der Waals surface area contributed by atoms with Crippen LogP contribution in [0.3, 0.4) is 0 Å². The number of unbranched alkanes of at least 4 members (excludes halogenated alkanes) is 3. The first-order chi connectivity index (χ1) is 8.49. The maximum Gasteiger partial charge on any atom is 0.313 e. The van der Waals surface area contributed by atoms with Gasteiger partial charge in [0.2, 0.25) is 0 Å². The summed E-state index contributed by atoms with van der Waals surface area (Å²) in [6.07, 6.45) is 4.60. The summed E-state index contributed by atoms with van der Waals surface area (Å²) < 4.78 is 3.70. The van der Waals surface area contributed by atoms with E-state index in [0.29, 0.717) is 6.42 Å². The second-order valence-corrected chi connectivity index (χ2v) is 5.78. The van der Waals surface area contributed by atoms with Crippen LogP contribution in [-0.2, 0) is 9.53 Å². The highest BCUT2D eigenvalue weighted by atomic mass is 35.5. The number of halogens is 2. The maximum atomic E-state index is 11.7. The minimum Gasteiger partial charge on any atom is -0.466 e. The number of nitriles is 1. The van der Waals surface area contributed by atoms with Gasteiger partial charge in [0.15, 0.2) is 0 Å². The highest BCUT2D eigenvalue weighted by molar-refractivity contribution is 6.49. The van der Waals surface area contributed by atoms with Crippen molar-refractivity contribution in [1.82, 2.24) is 0 Å². The van der Waals surface area contributed by atoms with Gasteiger partial charge in [-0.15, -0.1) is 23.2 Å². The summed E-state index contributed by atoms with van der Waals surface area (Å²) in [5.41, 5.74) is 0. The summed E-state index contributed by atoms with van der Waals surface area (Å²) in [6, 6.07) is 1.95. The second-order valence-electron chi connectivity index (χ2n) is 4.24. The molecule has 5 heteroatoms. The Hall–Kier alpha value is -0.460. The van der Waals surface area contributed by atoms with Crippen LogP contribution in [0, 0.1) is 17.2 Å². The summed E-state index contributed by atoms with van der Waals surface area (Å²) in [5, 5.41) is 8.75. The molecule has 3 nitrogen and oxygen atoms in total. The average Bonchev–Trinajstić information content (AvgIpc) is 2.31. The Labute approximate surface area is 119 Å². The molecule has 104 valence electrons. The zero-order chi connectivity index (χ0) is 14.0. The normalized spacial score (nSPS) is 12.8. The van der Waals surface area contributed by atoms with E-state index in [0.717, 1.165) is 25.7 Å². The molecule has 0 aliphatic carbocycles. The van der Waals surface area contributed by atoms with Gasteiger partial charge >= 0.3 is 5.97 Å². The van der Waals surface area contributed by atoms with Gasteiger partial charge in [0.25, 0.3) is 0 Å². The topological polar surface area (TPSA) is 50.1 Å². The molecular formula is C13H21Cl2NO2. The second kappa shape index (κ2) is 9.47. The van der Waals surface area contributed by atoms with Gasteiger partial charge < -0.3 is 4.74 Å². The number of hydrogen-bond donors (Lipinski definition) is 0. The van der Waals surface area contributed by atoms with Crippen LogP contribution < -0.4 is 0 Å². The first-order valence-electron chi connectivity index (χ1n) is 6.41. The molecule has 0 aliphatic rings. The first-order valence-corrected chi connectivity index (χ1v) is 7.16. The zero-order valence-electron chi connectivity index (χ0n) is 11.0. The van der Waals surface area contributed by atoms with E-state index in [2.05, 4.69) is 6.92 Å². The van der Waals surface area contributed by atoms with E-state index in [1.54, 1.807) is 6.92 Å². The average molecular weight is 294 g/mol. The number of rotatable bonds is 9. The van der Waals surface area contributed by atoms with E-state index in [9.17, 15) is 4.79 Å². The van der Waals surface area contributed by atoms with Crippen LogP contribution in [0.25, 0.3) is 0 Å². The van der Waals surface area contributed by atoms with Crippen LogP contribution in [0.1, 0.15) is 52.4 Å². The molecule has 1 unspecified atom stereocenters. The van der Waals surface area contributed by atoms with E-state index < -0.39 is 16.2 Å². The fourth-order valence-electron chi connectivity index (χ4n) is 1.70. The number of carbonyl (C=O) groups is 1. The van der Waals surface area contributed by atoms with Crippen molar-refractivity contribution in [3.05, 3.63) is 0 Å². The largest absolute Gasteiger partial charge is 0.466 e. The summed E-state index contributed by atoms with van der Waals surface area (Å²) >= 11 is 12.4. The van der Waals surface area contributed by atoms with Crippen molar-refractivity contribution in [3.8, 4) is 6.07 Å². The molecule has 18 heavy (non-hydrogen) atoms. The predicted molar refractivity (Wildman–Crippen MR) is 73.5 cm³/mol. The predicted octanol–water partition coefficient (Wildman–Crippen LogP) is 4.22. The Morgan fingerprint density at radius 1 is 1.33 bits per heavy atom. The Morgan fingerprint density at radius 3 is 2.50 bits per heavy atom. The van der Waals surface area contributed by atoms with Crippen molar-refractivity contribution < 1.29 is 9.53 Å². The van der Waals surface area contributed by atoms with Gasteiger partial charge in [-0.1, -0.05) is 32.6 Å². The highest BCUT2D eigenvalue weighted by Crippen LogP contribution is 2.38. The van der Waals surface area contributed by atoms with Crippen molar-refractivity contribution in [2.24, 2.45) is 5.92 Å². The molecule has 0 rings (SSSR count). The molecule has 0 aliphatic heterocycles. The SMILES string of the molecule is CCCCCCC(Cl)(Cl)C(CC#N)C(=O)OCC. The van der Waals surface area contributed by atoms with Gasteiger partial charge in [-0.2, -0.15) is 5.26 Å². The molecule has 0 N–H and O–H groups in total. The third-order valence-corrected chi connectivity index (χ3v) is 3.64. The molecule has 0 saturated carbocycles. The molecule has 0 aromatic rings. The van der Waals surface area contributed by atoms with Gasteiger partial charge in [0, 0.05) is 0 Å². The summed E-state index contributed by atoms with van der Waals surface area (Å²) in [7, 11) is 0. The van der Waals surface area contributed by atoms with Gasteiger partial charge in [-0.25, -0.2) is 0 Å². The fourth-order valence-corrected chi connectivity index (χ4v) is 2.30. The van der Waals surface area contributed by atoms with Crippen molar-refractivity contribution in [3.63, 3.8) is 0 Å². The molecule has 0 fully saturated rings. The van der Waals surface area contributed by atoms with Crippen LogP contribution >= 0.6 is 23.2 Å². The van der Waals surface area contributed by atoms with Crippen molar-refractivity contribution >= 4 is 29.2 Å². The number of nitrogens with zero attached hydrogens (tertiary/aromatic N) is 1. The maximum absolute atomic E-state index is 11.7. The van der Waals surface area contributed by atoms with E-state index in [1.807, 2.05) is 6.07 Å². The molecule has 0 spiro atoms. The smallest absolute Gasteiger partial charge is 0.313 e. The number of esters is 1. The molecule has 0 saturated heterocycles. The van der Waals surface area contributed by atoms with Gasteiger partial charge in [0.1, 0.15) is 10.3 Å². The summed E-state index contributed by atoms with van der Waals surface area (Å²) in [4.78, 5) is 11.7. The van der Waals surface area contributed by atoms with E-state index in [1.165, 1.54) is 0 Å². The van der Waals surface area contributed by atoms with Gasteiger partial charge in [-0.3, -0.25) is 4.79 Å². The molecule has 0 aromatic carbocycles. The van der Waals surface area contributed by atoms with Crippen molar-refractivity contribution in [2.75, 3.05) is 6.61 Å². The fraction of sp³-hybridized carbons (Fsp3) is 0.846. The van der Waals surface area contributed by atoms with Crippen LogP contribution in [0.5, 0.6) is 0 Å². The molecular weight excluding hydrogens is 273 g/mol. The van der Waals surface area contributed by atoms with Gasteiger partial charge in [0.05, 0.1) is 19.1 Å². The Balaban J connectivity index is 4.45. The van der Waals surface area contributed by atoms with Crippen LogP contribution in [0.15, 0.2) is 0 Å². The number of carbonyl (C=O) groups excluding carboxylic acids is 1. The highest BCUT2D eigenvalue weighted by Gasteiger charge is 2.40. The quantitative estimate of drug-likeness (QED) is 0.363. The van der Waals surface area contributed by atoms with E-state index in [-0.39, 0.29) is 13.0 Å². The van der Waals surface area contributed by atoms with Crippen molar-refractivity contribution in [2.45, 2.75) is 56.7 Å². The van der Waals surface area contributed by atoms with E-state index >= 15 is 0 Å². The van der Waals surface area contributed by atoms with Crippen LogP contribution in [-0.4, -0.2) is 16.9 Å².